The summed E-state index contributed by atoms with van der Waals surface area (Å²) >= 11 is 0. The van der Waals surface area contributed by atoms with Gasteiger partial charge in [-0.3, -0.25) is 0 Å². The summed E-state index contributed by atoms with van der Waals surface area (Å²) in [4.78, 5) is 12.1. The molecule has 3 heteroatoms. The highest BCUT2D eigenvalue weighted by molar-refractivity contribution is 5.91. The Morgan fingerprint density at radius 2 is 2.06 bits per heavy atom. The highest BCUT2D eigenvalue weighted by atomic mass is 16.6. The van der Waals surface area contributed by atoms with Crippen molar-refractivity contribution in [3.05, 3.63) is 11.3 Å². The lowest BCUT2D eigenvalue weighted by molar-refractivity contribution is -0.163. The van der Waals surface area contributed by atoms with Crippen LogP contribution in [0.5, 0.6) is 0 Å². The van der Waals surface area contributed by atoms with Crippen molar-refractivity contribution in [2.45, 2.75) is 59.0 Å². The number of hydrogen-bond donors (Lipinski definition) is 1. The van der Waals surface area contributed by atoms with Crippen molar-refractivity contribution >= 4 is 5.97 Å². The van der Waals surface area contributed by atoms with Gasteiger partial charge in [-0.25, -0.2) is 4.79 Å². The second kappa shape index (κ2) is 3.76. The molecule has 0 aromatic rings. The molecule has 2 aliphatic rings. The van der Waals surface area contributed by atoms with Crippen molar-refractivity contribution in [2.24, 2.45) is 11.3 Å². The number of rotatable bonds is 1. The molecule has 2 unspecified atom stereocenters. The average molecular weight is 238 g/mol. The van der Waals surface area contributed by atoms with Crippen LogP contribution in [0.15, 0.2) is 11.3 Å². The number of carbonyl (C=O) groups is 1. The third-order valence-corrected chi connectivity index (χ3v) is 4.41. The average Bonchev–Trinajstić information content (AvgIpc) is 2.24. The normalized spacial score (nSPS) is 36.5. The zero-order chi connectivity index (χ0) is 12.8. The molecule has 17 heavy (non-hydrogen) atoms. The van der Waals surface area contributed by atoms with Gasteiger partial charge < -0.3 is 9.84 Å². The number of carbonyl (C=O) groups excluding carboxylic acids is 1. The number of aliphatic hydroxyl groups excluding tert-OH is 1. The van der Waals surface area contributed by atoms with Crippen LogP contribution in [0.2, 0.25) is 0 Å². The number of ether oxygens (including phenoxy) is 1. The first-order valence-corrected chi connectivity index (χ1v) is 6.46. The van der Waals surface area contributed by atoms with E-state index < -0.39 is 0 Å². The van der Waals surface area contributed by atoms with Crippen LogP contribution < -0.4 is 0 Å². The molecule has 1 aliphatic carbocycles. The maximum Gasteiger partial charge on any atom is 0.338 e. The summed E-state index contributed by atoms with van der Waals surface area (Å²) in [5.74, 6) is 0.113. The van der Waals surface area contributed by atoms with Gasteiger partial charge in [-0.1, -0.05) is 20.8 Å². The Bertz CT molecular complexity index is 381. The van der Waals surface area contributed by atoms with Crippen LogP contribution in [0.4, 0.5) is 0 Å². The number of allylic oxidation sites excluding steroid dienone is 1. The number of fused-ring (bicyclic) bond motifs is 1. The molecule has 0 bridgehead atoms. The van der Waals surface area contributed by atoms with Crippen LogP contribution in [0, 0.1) is 11.3 Å². The number of esters is 1. The summed E-state index contributed by atoms with van der Waals surface area (Å²) in [6.07, 6.45) is 3.56. The van der Waals surface area contributed by atoms with E-state index in [1.165, 1.54) is 0 Å². The Kier molecular flexibility index (Phi) is 2.75. The van der Waals surface area contributed by atoms with Crippen LogP contribution in [0.1, 0.15) is 53.4 Å². The summed E-state index contributed by atoms with van der Waals surface area (Å²) in [7, 11) is 0. The largest absolute Gasteiger partial charge is 0.511 e. The smallest absolute Gasteiger partial charge is 0.338 e. The minimum absolute atomic E-state index is 0.175. The van der Waals surface area contributed by atoms with Crippen LogP contribution in [-0.2, 0) is 9.53 Å². The lowest BCUT2D eigenvalue weighted by Gasteiger charge is -2.43. The Hall–Kier alpha value is -0.990. The molecule has 0 radical (unpaired) electrons. The molecule has 0 spiro atoms. The van der Waals surface area contributed by atoms with E-state index in [1.807, 2.05) is 27.7 Å². The molecule has 0 aromatic heterocycles. The predicted octanol–water partition coefficient (Wildman–Crippen LogP) is 3.35. The molecular weight excluding hydrogens is 216 g/mol. The topological polar surface area (TPSA) is 46.5 Å². The van der Waals surface area contributed by atoms with E-state index in [9.17, 15) is 9.90 Å². The van der Waals surface area contributed by atoms with Gasteiger partial charge in [-0.15, -0.1) is 0 Å². The lowest BCUT2D eigenvalue weighted by Crippen LogP contribution is -2.44. The molecule has 0 saturated carbocycles. The Morgan fingerprint density at radius 3 is 2.65 bits per heavy atom. The van der Waals surface area contributed by atoms with E-state index in [2.05, 4.69) is 0 Å². The van der Waals surface area contributed by atoms with E-state index in [-0.39, 0.29) is 28.7 Å². The van der Waals surface area contributed by atoms with Gasteiger partial charge >= 0.3 is 5.97 Å². The van der Waals surface area contributed by atoms with Crippen molar-refractivity contribution in [2.75, 3.05) is 0 Å². The fourth-order valence-corrected chi connectivity index (χ4v) is 2.88. The summed E-state index contributed by atoms with van der Waals surface area (Å²) in [5.41, 5.74) is -0.107. The van der Waals surface area contributed by atoms with Crippen LogP contribution in [0.25, 0.3) is 0 Å². The van der Waals surface area contributed by atoms with Gasteiger partial charge in [-0.05, 0) is 38.5 Å². The fourth-order valence-electron chi connectivity index (χ4n) is 2.88. The molecule has 0 aromatic carbocycles. The lowest BCUT2D eigenvalue weighted by atomic mass is 9.68. The van der Waals surface area contributed by atoms with E-state index >= 15 is 0 Å². The van der Waals surface area contributed by atoms with E-state index in [0.29, 0.717) is 5.57 Å². The molecule has 0 amide bonds. The Morgan fingerprint density at radius 1 is 1.41 bits per heavy atom. The van der Waals surface area contributed by atoms with Crippen molar-refractivity contribution in [3.8, 4) is 0 Å². The van der Waals surface area contributed by atoms with Crippen LogP contribution >= 0.6 is 0 Å². The second-order valence-corrected chi connectivity index (χ2v) is 6.28. The summed E-state index contributed by atoms with van der Waals surface area (Å²) in [6, 6.07) is 0. The summed E-state index contributed by atoms with van der Waals surface area (Å²) in [6.45, 7) is 7.98. The van der Waals surface area contributed by atoms with Crippen LogP contribution in [0.3, 0.4) is 0 Å². The highest BCUT2D eigenvalue weighted by Crippen LogP contribution is 2.48. The van der Waals surface area contributed by atoms with Gasteiger partial charge in [-0.2, -0.15) is 0 Å². The fraction of sp³-hybridized carbons (Fsp3) is 0.786. The molecule has 1 saturated heterocycles. The first-order chi connectivity index (χ1) is 7.79. The molecule has 1 N–H and O–H groups in total. The zero-order valence-electron chi connectivity index (χ0n) is 11.2. The van der Waals surface area contributed by atoms with Crippen molar-refractivity contribution in [3.63, 3.8) is 0 Å². The first-order valence-electron chi connectivity index (χ1n) is 6.46. The molecular formula is C14H22O3. The zero-order valence-corrected chi connectivity index (χ0v) is 11.2. The Labute approximate surface area is 103 Å². The van der Waals surface area contributed by atoms with E-state index in [1.54, 1.807) is 0 Å². The quantitative estimate of drug-likeness (QED) is 0.712. The standard InChI is InChI=1S/C14H22O3/c1-5-14(4)8-9-6-7-13(2,3)11(15)10(9)12(16)17-14/h9,15H,5-8H2,1-4H3. The minimum atomic E-state index is -0.354. The monoisotopic (exact) mass is 238 g/mol. The third-order valence-electron chi connectivity index (χ3n) is 4.41. The number of aliphatic hydroxyl groups is 1. The molecule has 1 heterocycles. The van der Waals surface area contributed by atoms with E-state index in [4.69, 9.17) is 4.74 Å². The second-order valence-electron chi connectivity index (χ2n) is 6.28. The van der Waals surface area contributed by atoms with Crippen LogP contribution in [-0.4, -0.2) is 16.7 Å². The van der Waals surface area contributed by atoms with Crippen molar-refractivity contribution < 1.29 is 14.6 Å². The SMILES string of the molecule is CCC1(C)CC2CCC(C)(C)C(O)=C2C(=O)O1. The third kappa shape index (κ3) is 1.96. The molecule has 1 fully saturated rings. The van der Waals surface area contributed by atoms with Crippen molar-refractivity contribution in [1.29, 1.82) is 0 Å². The molecule has 3 nitrogen and oxygen atoms in total. The van der Waals surface area contributed by atoms with Gasteiger partial charge in [0.15, 0.2) is 0 Å². The van der Waals surface area contributed by atoms with Gasteiger partial charge in [0.1, 0.15) is 11.4 Å². The number of hydrogen-bond acceptors (Lipinski definition) is 3. The maximum atomic E-state index is 12.1. The van der Waals surface area contributed by atoms with Gasteiger partial charge in [0.2, 0.25) is 0 Å². The molecule has 2 atom stereocenters. The van der Waals surface area contributed by atoms with E-state index in [0.717, 1.165) is 25.7 Å². The summed E-state index contributed by atoms with van der Waals surface area (Å²) in [5, 5.41) is 10.2. The highest BCUT2D eigenvalue weighted by Gasteiger charge is 2.46. The Balaban J connectivity index is 2.38. The first kappa shape index (κ1) is 12.5. The molecule has 1 aliphatic heterocycles. The molecule has 2 rings (SSSR count). The minimum Gasteiger partial charge on any atom is -0.511 e. The number of cyclic esters (lactones) is 1. The predicted molar refractivity (Wildman–Crippen MR) is 65.6 cm³/mol. The molecule has 96 valence electrons. The maximum absolute atomic E-state index is 12.1. The van der Waals surface area contributed by atoms with Gasteiger partial charge in [0.05, 0.1) is 5.57 Å². The summed E-state index contributed by atoms with van der Waals surface area (Å²) < 4.78 is 5.50. The van der Waals surface area contributed by atoms with Gasteiger partial charge in [0.25, 0.3) is 0 Å². The van der Waals surface area contributed by atoms with Gasteiger partial charge in [0, 0.05) is 5.41 Å². The van der Waals surface area contributed by atoms with Crippen molar-refractivity contribution in [1.82, 2.24) is 0 Å².